The number of likely N-dealkylation sites (tertiary alicyclic amines) is 1. The van der Waals surface area contributed by atoms with Crippen molar-refractivity contribution in [1.29, 1.82) is 0 Å². The molecule has 1 atom stereocenters. The number of nitrogens with one attached hydrogen (secondary N) is 1. The van der Waals surface area contributed by atoms with E-state index in [1.807, 2.05) is 0 Å². The third-order valence-corrected chi connectivity index (χ3v) is 3.00. The summed E-state index contributed by atoms with van der Waals surface area (Å²) in [5.74, 6) is -0.304. The first-order valence-electron chi connectivity index (χ1n) is 6.28. The molecular formula is C12H22N2O3. The summed E-state index contributed by atoms with van der Waals surface area (Å²) in [6.45, 7) is 3.84. The predicted octanol–water partition coefficient (Wildman–Crippen LogP) is 0.540. The van der Waals surface area contributed by atoms with Gasteiger partial charge in [0.2, 0.25) is 5.91 Å². The topological polar surface area (TPSA) is 58.6 Å². The molecule has 17 heavy (non-hydrogen) atoms. The maximum Gasteiger partial charge on any atom is 0.328 e. The molecule has 1 saturated heterocycles. The standard InChI is InChI=1S/C12H22N2O3/c1-3-7-13-9-11(15)14-8-5-4-6-10(14)12(16)17-2/h10,13H,3-9H2,1-2H3. The van der Waals surface area contributed by atoms with Crippen molar-refractivity contribution in [1.82, 2.24) is 10.2 Å². The number of carbonyl (C=O) groups excluding carboxylic acids is 2. The van der Waals surface area contributed by atoms with Gasteiger partial charge in [0.05, 0.1) is 13.7 Å². The normalized spacial score (nSPS) is 20.1. The van der Waals surface area contributed by atoms with E-state index in [9.17, 15) is 9.59 Å². The molecule has 0 aromatic heterocycles. The Kier molecular flexibility index (Phi) is 5.97. The fourth-order valence-corrected chi connectivity index (χ4v) is 2.08. The lowest BCUT2D eigenvalue weighted by Gasteiger charge is -2.33. The van der Waals surface area contributed by atoms with E-state index in [-0.39, 0.29) is 17.9 Å². The van der Waals surface area contributed by atoms with E-state index in [2.05, 4.69) is 12.2 Å². The molecule has 5 nitrogen and oxygen atoms in total. The third-order valence-electron chi connectivity index (χ3n) is 3.00. The molecular weight excluding hydrogens is 220 g/mol. The number of nitrogens with zero attached hydrogens (tertiary/aromatic N) is 1. The molecule has 0 radical (unpaired) electrons. The highest BCUT2D eigenvalue weighted by atomic mass is 16.5. The van der Waals surface area contributed by atoms with Crippen molar-refractivity contribution in [3.05, 3.63) is 0 Å². The second kappa shape index (κ2) is 7.27. The van der Waals surface area contributed by atoms with E-state index in [0.717, 1.165) is 25.8 Å². The number of esters is 1. The first kappa shape index (κ1) is 14.0. The zero-order valence-corrected chi connectivity index (χ0v) is 10.7. The van der Waals surface area contributed by atoms with Gasteiger partial charge in [0.1, 0.15) is 6.04 Å². The molecule has 0 aromatic carbocycles. The number of hydrogen-bond donors (Lipinski definition) is 1. The van der Waals surface area contributed by atoms with Crippen LogP contribution in [0.4, 0.5) is 0 Å². The van der Waals surface area contributed by atoms with Crippen LogP contribution in [0.15, 0.2) is 0 Å². The molecule has 1 amide bonds. The number of hydrogen-bond acceptors (Lipinski definition) is 4. The lowest BCUT2D eigenvalue weighted by Crippen LogP contribution is -2.51. The van der Waals surface area contributed by atoms with E-state index in [1.165, 1.54) is 7.11 Å². The van der Waals surface area contributed by atoms with Crippen LogP contribution in [0.1, 0.15) is 32.6 Å². The van der Waals surface area contributed by atoms with Gasteiger partial charge in [0.15, 0.2) is 0 Å². The Morgan fingerprint density at radius 2 is 2.18 bits per heavy atom. The molecule has 1 unspecified atom stereocenters. The maximum atomic E-state index is 12.0. The Morgan fingerprint density at radius 3 is 2.82 bits per heavy atom. The minimum absolute atomic E-state index is 0.00597. The van der Waals surface area contributed by atoms with Gasteiger partial charge in [-0.15, -0.1) is 0 Å². The molecule has 5 heteroatoms. The van der Waals surface area contributed by atoms with Crippen LogP contribution in [0.25, 0.3) is 0 Å². The average molecular weight is 242 g/mol. The molecule has 0 spiro atoms. The van der Waals surface area contributed by atoms with Crippen LogP contribution in [0.2, 0.25) is 0 Å². The van der Waals surface area contributed by atoms with Gasteiger partial charge < -0.3 is 15.0 Å². The van der Waals surface area contributed by atoms with Crippen LogP contribution in [0.3, 0.4) is 0 Å². The molecule has 1 fully saturated rings. The molecule has 1 aliphatic rings. The van der Waals surface area contributed by atoms with E-state index >= 15 is 0 Å². The minimum atomic E-state index is -0.385. The Balaban J connectivity index is 2.52. The van der Waals surface area contributed by atoms with Gasteiger partial charge in [-0.2, -0.15) is 0 Å². The number of piperidine rings is 1. The van der Waals surface area contributed by atoms with Gasteiger partial charge >= 0.3 is 5.97 Å². The smallest absolute Gasteiger partial charge is 0.328 e. The van der Waals surface area contributed by atoms with E-state index < -0.39 is 0 Å². The second-order valence-electron chi connectivity index (χ2n) is 4.30. The second-order valence-corrected chi connectivity index (χ2v) is 4.30. The van der Waals surface area contributed by atoms with Gasteiger partial charge in [-0.05, 0) is 32.2 Å². The summed E-state index contributed by atoms with van der Waals surface area (Å²) in [5, 5.41) is 3.07. The minimum Gasteiger partial charge on any atom is -0.467 e. The highest BCUT2D eigenvalue weighted by molar-refractivity contribution is 5.85. The van der Waals surface area contributed by atoms with Crippen molar-refractivity contribution in [2.45, 2.75) is 38.6 Å². The third kappa shape index (κ3) is 4.00. The Morgan fingerprint density at radius 1 is 1.41 bits per heavy atom. The summed E-state index contributed by atoms with van der Waals surface area (Å²) in [6, 6.07) is -0.385. The summed E-state index contributed by atoms with van der Waals surface area (Å²) in [4.78, 5) is 25.2. The SMILES string of the molecule is CCCNCC(=O)N1CCCCC1C(=O)OC. The quantitative estimate of drug-likeness (QED) is 0.564. The van der Waals surface area contributed by atoms with Crippen molar-refractivity contribution < 1.29 is 14.3 Å². The summed E-state index contributed by atoms with van der Waals surface area (Å²) in [7, 11) is 1.37. The van der Waals surface area contributed by atoms with Crippen molar-refractivity contribution >= 4 is 11.9 Å². The number of carbonyl (C=O) groups is 2. The summed E-state index contributed by atoms with van der Waals surface area (Å²) in [5.41, 5.74) is 0. The lowest BCUT2D eigenvalue weighted by atomic mass is 10.0. The van der Waals surface area contributed by atoms with Gasteiger partial charge in [-0.1, -0.05) is 6.92 Å². The van der Waals surface area contributed by atoms with Gasteiger partial charge in [-0.25, -0.2) is 4.79 Å². The van der Waals surface area contributed by atoms with Crippen molar-refractivity contribution in [3.8, 4) is 0 Å². The molecule has 0 saturated carbocycles. The van der Waals surface area contributed by atoms with Crippen LogP contribution in [-0.4, -0.2) is 49.6 Å². The fraction of sp³-hybridized carbons (Fsp3) is 0.833. The molecule has 1 aliphatic heterocycles. The van der Waals surface area contributed by atoms with Crippen molar-refractivity contribution in [3.63, 3.8) is 0 Å². The Labute approximate surface area is 102 Å². The molecule has 1 heterocycles. The van der Waals surface area contributed by atoms with Crippen LogP contribution in [-0.2, 0) is 14.3 Å². The molecule has 1 N–H and O–H groups in total. The fourth-order valence-electron chi connectivity index (χ4n) is 2.08. The Bertz CT molecular complexity index is 268. The highest BCUT2D eigenvalue weighted by Gasteiger charge is 2.32. The van der Waals surface area contributed by atoms with Gasteiger partial charge in [0.25, 0.3) is 0 Å². The van der Waals surface area contributed by atoms with Crippen LogP contribution in [0, 0.1) is 0 Å². The molecule has 0 aromatic rings. The first-order chi connectivity index (χ1) is 8.20. The van der Waals surface area contributed by atoms with Crippen molar-refractivity contribution in [2.24, 2.45) is 0 Å². The first-order valence-corrected chi connectivity index (χ1v) is 6.28. The van der Waals surface area contributed by atoms with Gasteiger partial charge in [-0.3, -0.25) is 4.79 Å². The average Bonchev–Trinajstić information content (AvgIpc) is 2.38. The molecule has 0 bridgehead atoms. The highest BCUT2D eigenvalue weighted by Crippen LogP contribution is 2.17. The predicted molar refractivity (Wildman–Crippen MR) is 64.5 cm³/mol. The van der Waals surface area contributed by atoms with E-state index in [0.29, 0.717) is 19.5 Å². The number of methoxy groups -OCH3 is 1. The zero-order chi connectivity index (χ0) is 12.7. The number of amides is 1. The molecule has 98 valence electrons. The number of rotatable bonds is 5. The number of ether oxygens (including phenoxy) is 1. The Hall–Kier alpha value is -1.10. The summed E-state index contributed by atoms with van der Waals surface area (Å²) in [6.07, 6.45) is 3.65. The van der Waals surface area contributed by atoms with Gasteiger partial charge in [0, 0.05) is 6.54 Å². The van der Waals surface area contributed by atoms with Crippen LogP contribution in [0.5, 0.6) is 0 Å². The summed E-state index contributed by atoms with van der Waals surface area (Å²) < 4.78 is 4.74. The van der Waals surface area contributed by atoms with Crippen LogP contribution >= 0.6 is 0 Å². The van der Waals surface area contributed by atoms with Crippen molar-refractivity contribution in [2.75, 3.05) is 26.7 Å². The molecule has 1 rings (SSSR count). The summed E-state index contributed by atoms with van der Waals surface area (Å²) >= 11 is 0. The molecule has 0 aliphatic carbocycles. The van der Waals surface area contributed by atoms with E-state index in [1.54, 1.807) is 4.90 Å². The lowest BCUT2D eigenvalue weighted by molar-refractivity contribution is -0.154. The van der Waals surface area contributed by atoms with Crippen LogP contribution < -0.4 is 5.32 Å². The monoisotopic (exact) mass is 242 g/mol. The largest absolute Gasteiger partial charge is 0.467 e. The maximum absolute atomic E-state index is 12.0. The zero-order valence-electron chi connectivity index (χ0n) is 10.7. The van der Waals surface area contributed by atoms with E-state index in [4.69, 9.17) is 4.74 Å².